The molecule has 0 bridgehead atoms. The van der Waals surface area contributed by atoms with Gasteiger partial charge in [0.25, 0.3) is 0 Å². The monoisotopic (exact) mass is 360 g/mol. The van der Waals surface area contributed by atoms with Crippen molar-refractivity contribution in [3.63, 3.8) is 0 Å². The molecule has 0 unspecified atom stereocenters. The van der Waals surface area contributed by atoms with E-state index in [1.165, 1.54) is 19.2 Å². The lowest BCUT2D eigenvalue weighted by molar-refractivity contribution is -0.136. The van der Waals surface area contributed by atoms with Crippen molar-refractivity contribution in [2.24, 2.45) is 0 Å². The quantitative estimate of drug-likeness (QED) is 0.442. The van der Waals surface area contributed by atoms with Gasteiger partial charge in [-0.15, -0.1) is 0 Å². The van der Waals surface area contributed by atoms with Crippen LogP contribution >= 0.6 is 34.8 Å². The molecule has 0 radical (unpaired) electrons. The number of carbonyl (C=O) groups is 1. The first-order chi connectivity index (χ1) is 10.5. The van der Waals surface area contributed by atoms with Crippen LogP contribution in [0.1, 0.15) is 0 Å². The molecule has 0 amide bonds. The van der Waals surface area contributed by atoms with E-state index >= 15 is 0 Å². The zero-order valence-electron chi connectivity index (χ0n) is 11.4. The van der Waals surface area contributed by atoms with Gasteiger partial charge in [0.05, 0.1) is 22.2 Å². The van der Waals surface area contributed by atoms with Crippen molar-refractivity contribution in [1.82, 2.24) is 0 Å². The molecule has 7 heteroatoms. The molecule has 0 aliphatic heterocycles. The Hall–Kier alpha value is -1.62. The number of rotatable bonds is 5. The molecule has 0 N–H and O–H groups in total. The molecule has 116 valence electrons. The number of hydrogen-bond donors (Lipinski definition) is 0. The molecule has 0 fully saturated rings. The summed E-state index contributed by atoms with van der Waals surface area (Å²) in [4.78, 5) is 11.8. The van der Waals surface area contributed by atoms with Gasteiger partial charge in [-0.05, 0) is 18.2 Å². The van der Waals surface area contributed by atoms with Crippen molar-refractivity contribution in [2.45, 2.75) is 0 Å². The smallest absolute Gasteiger partial charge is 0.349 e. The van der Waals surface area contributed by atoms with Crippen LogP contribution in [0.15, 0.2) is 36.4 Å². The van der Waals surface area contributed by atoms with Gasteiger partial charge in [0, 0.05) is 6.07 Å². The second-order valence-corrected chi connectivity index (χ2v) is 5.33. The maximum Gasteiger partial charge on any atom is 0.349 e. The lowest BCUT2D eigenvalue weighted by Gasteiger charge is -2.11. The van der Waals surface area contributed by atoms with Gasteiger partial charge < -0.3 is 14.2 Å². The van der Waals surface area contributed by atoms with Gasteiger partial charge in [-0.2, -0.15) is 0 Å². The van der Waals surface area contributed by atoms with Crippen molar-refractivity contribution in [3.05, 3.63) is 51.5 Å². The van der Waals surface area contributed by atoms with Crippen molar-refractivity contribution < 1.29 is 19.0 Å². The molecule has 0 heterocycles. The Morgan fingerprint density at radius 1 is 0.955 bits per heavy atom. The SMILES string of the molecule is COc1ccccc1OC(=O)COc1cc(Cl)c(Cl)cc1Cl. The highest BCUT2D eigenvalue weighted by atomic mass is 35.5. The van der Waals surface area contributed by atoms with Crippen LogP contribution in [0.25, 0.3) is 0 Å². The van der Waals surface area contributed by atoms with Gasteiger partial charge in [-0.1, -0.05) is 46.9 Å². The zero-order chi connectivity index (χ0) is 16.1. The van der Waals surface area contributed by atoms with Crippen molar-refractivity contribution >= 4 is 40.8 Å². The first-order valence-corrected chi connectivity index (χ1v) is 7.25. The Morgan fingerprint density at radius 3 is 2.27 bits per heavy atom. The summed E-state index contributed by atoms with van der Waals surface area (Å²) in [7, 11) is 1.48. The van der Waals surface area contributed by atoms with E-state index in [2.05, 4.69) is 0 Å². The number of methoxy groups -OCH3 is 1. The number of ether oxygens (including phenoxy) is 3. The van der Waals surface area contributed by atoms with E-state index in [0.29, 0.717) is 16.5 Å². The van der Waals surface area contributed by atoms with Gasteiger partial charge >= 0.3 is 5.97 Å². The molecule has 2 aromatic rings. The van der Waals surface area contributed by atoms with Crippen molar-refractivity contribution in [1.29, 1.82) is 0 Å². The van der Waals surface area contributed by atoms with Crippen LogP contribution in [0.4, 0.5) is 0 Å². The molecule has 0 atom stereocenters. The summed E-state index contributed by atoms with van der Waals surface area (Å²) in [6.07, 6.45) is 0. The molecule has 0 aliphatic rings. The molecule has 4 nitrogen and oxygen atoms in total. The largest absolute Gasteiger partial charge is 0.493 e. The van der Waals surface area contributed by atoms with E-state index in [4.69, 9.17) is 49.0 Å². The predicted molar refractivity (Wildman–Crippen MR) is 85.6 cm³/mol. The van der Waals surface area contributed by atoms with Crippen LogP contribution in [0, 0.1) is 0 Å². The average Bonchev–Trinajstić information content (AvgIpc) is 2.50. The van der Waals surface area contributed by atoms with E-state index in [1.807, 2.05) is 0 Å². The predicted octanol–water partition coefficient (Wildman–Crippen LogP) is 4.64. The minimum atomic E-state index is -0.605. The normalized spacial score (nSPS) is 10.2. The van der Waals surface area contributed by atoms with Gasteiger partial charge in [-0.25, -0.2) is 4.79 Å². The van der Waals surface area contributed by atoms with Gasteiger partial charge in [-0.3, -0.25) is 0 Å². The number of para-hydroxylation sites is 2. The second kappa shape index (κ2) is 7.58. The topological polar surface area (TPSA) is 44.8 Å². The van der Waals surface area contributed by atoms with Crippen LogP contribution in [0.2, 0.25) is 15.1 Å². The van der Waals surface area contributed by atoms with Crippen LogP contribution in [-0.4, -0.2) is 19.7 Å². The van der Waals surface area contributed by atoms with E-state index in [-0.39, 0.29) is 22.4 Å². The maximum absolute atomic E-state index is 11.8. The molecule has 22 heavy (non-hydrogen) atoms. The Kier molecular flexibility index (Phi) is 5.77. The molecule has 0 spiro atoms. The summed E-state index contributed by atoms with van der Waals surface area (Å²) in [5.74, 6) is 0.391. The molecular formula is C15H11Cl3O4. The van der Waals surface area contributed by atoms with Crippen LogP contribution in [0.3, 0.4) is 0 Å². The molecule has 0 saturated heterocycles. The summed E-state index contributed by atoms with van der Waals surface area (Å²) >= 11 is 17.6. The highest BCUT2D eigenvalue weighted by molar-refractivity contribution is 6.43. The van der Waals surface area contributed by atoms with E-state index in [1.54, 1.807) is 24.3 Å². The number of benzene rings is 2. The molecule has 2 aromatic carbocycles. The summed E-state index contributed by atoms with van der Waals surface area (Å²) in [5.41, 5.74) is 0. The van der Waals surface area contributed by atoms with Crippen LogP contribution in [0.5, 0.6) is 17.2 Å². The number of carbonyl (C=O) groups excluding carboxylic acids is 1. The minimum absolute atomic E-state index is 0.244. The summed E-state index contributed by atoms with van der Waals surface area (Å²) in [6.45, 7) is -0.338. The average molecular weight is 362 g/mol. The molecule has 0 aromatic heterocycles. The van der Waals surface area contributed by atoms with Crippen LogP contribution in [-0.2, 0) is 4.79 Å². The zero-order valence-corrected chi connectivity index (χ0v) is 13.7. The summed E-state index contributed by atoms with van der Waals surface area (Å²) < 4.78 is 15.5. The van der Waals surface area contributed by atoms with E-state index < -0.39 is 5.97 Å². The highest BCUT2D eigenvalue weighted by Gasteiger charge is 2.12. The summed E-state index contributed by atoms with van der Waals surface area (Å²) in [5, 5.41) is 0.828. The second-order valence-electron chi connectivity index (χ2n) is 4.11. The third kappa shape index (κ3) is 4.19. The van der Waals surface area contributed by atoms with Crippen molar-refractivity contribution in [2.75, 3.05) is 13.7 Å². The molecule has 0 aliphatic carbocycles. The highest BCUT2D eigenvalue weighted by Crippen LogP contribution is 2.34. The van der Waals surface area contributed by atoms with Crippen LogP contribution < -0.4 is 14.2 Å². The third-order valence-corrected chi connectivity index (χ3v) is 3.63. The summed E-state index contributed by atoms with van der Waals surface area (Å²) in [6, 6.07) is 9.65. The first kappa shape index (κ1) is 16.7. The van der Waals surface area contributed by atoms with Crippen molar-refractivity contribution in [3.8, 4) is 17.2 Å². The number of esters is 1. The van der Waals surface area contributed by atoms with Gasteiger partial charge in [0.15, 0.2) is 18.1 Å². The van der Waals surface area contributed by atoms with Gasteiger partial charge in [0.2, 0.25) is 0 Å². The standard InChI is InChI=1S/C15H11Cl3O4/c1-20-12-4-2-3-5-13(12)22-15(19)8-21-14-7-10(17)9(16)6-11(14)18/h2-7H,8H2,1H3. The Bertz CT molecular complexity index is 688. The molecule has 2 rings (SSSR count). The molecule has 0 saturated carbocycles. The van der Waals surface area contributed by atoms with E-state index in [0.717, 1.165) is 0 Å². The lowest BCUT2D eigenvalue weighted by atomic mass is 10.3. The van der Waals surface area contributed by atoms with E-state index in [9.17, 15) is 4.79 Å². The minimum Gasteiger partial charge on any atom is -0.493 e. The number of halogens is 3. The Balaban J connectivity index is 2.00. The molecular weight excluding hydrogens is 351 g/mol. The maximum atomic E-state index is 11.8. The number of hydrogen-bond acceptors (Lipinski definition) is 4. The first-order valence-electron chi connectivity index (χ1n) is 6.12. The Labute approximate surface area is 142 Å². The fourth-order valence-electron chi connectivity index (χ4n) is 1.61. The fraction of sp³-hybridized carbons (Fsp3) is 0.133. The Morgan fingerprint density at radius 2 is 1.59 bits per heavy atom. The lowest BCUT2D eigenvalue weighted by Crippen LogP contribution is -2.18. The fourth-order valence-corrected chi connectivity index (χ4v) is 2.20. The van der Waals surface area contributed by atoms with Gasteiger partial charge in [0.1, 0.15) is 5.75 Å². The third-order valence-electron chi connectivity index (χ3n) is 2.61.